The first kappa shape index (κ1) is 23.7. The molecule has 0 atom stereocenters. The maximum Gasteiger partial charge on any atom is 0.00211 e. The normalized spacial score (nSPS) is 13.2. The molecule has 0 bridgehead atoms. The molecule has 0 radical (unpaired) electrons. The Morgan fingerprint density at radius 1 is 0.421 bits per heavy atom. The van der Waals surface area contributed by atoms with Crippen molar-refractivity contribution in [3.8, 4) is 11.1 Å². The van der Waals surface area contributed by atoms with Crippen LogP contribution < -0.4 is 0 Å². The van der Waals surface area contributed by atoms with Gasteiger partial charge in [-0.1, -0.05) is 121 Å². The first-order chi connectivity index (χ1) is 18.7. The summed E-state index contributed by atoms with van der Waals surface area (Å²) in [5.74, 6) is 0. The summed E-state index contributed by atoms with van der Waals surface area (Å²) >= 11 is 0. The molecule has 2 heterocycles. The fraction of sp³-hybridized carbons (Fsp3) is 0.111. The number of aryl methyl sites for hydroxylation is 1. The molecule has 0 saturated heterocycles. The summed E-state index contributed by atoms with van der Waals surface area (Å²) < 4.78 is 0. The molecular weight excluding hydrogens is 494 g/mol. The highest BCUT2D eigenvalue weighted by molar-refractivity contribution is 7.59. The van der Waals surface area contributed by atoms with Gasteiger partial charge in [-0.25, -0.2) is 0 Å². The molecule has 0 fully saturated rings. The van der Waals surface area contributed by atoms with Crippen molar-refractivity contribution in [3.05, 3.63) is 132 Å². The van der Waals surface area contributed by atoms with E-state index in [2.05, 4.69) is 135 Å². The molecule has 7 aromatic rings. The third-order valence-electron chi connectivity index (χ3n) is 7.98. The SMILES string of the molecule is CP1Cc2ccc3ccccc3c2-c2c(ccc3ccccc23)C1.Cp1c2ccccc2c2ccccc21. The average molecular weight is 525 g/mol. The van der Waals surface area contributed by atoms with Crippen molar-refractivity contribution in [1.29, 1.82) is 0 Å². The molecule has 0 spiro atoms. The summed E-state index contributed by atoms with van der Waals surface area (Å²) in [6.07, 6.45) is 2.44. The van der Waals surface area contributed by atoms with Gasteiger partial charge in [-0.3, -0.25) is 0 Å². The second kappa shape index (κ2) is 9.71. The van der Waals surface area contributed by atoms with E-state index in [9.17, 15) is 0 Å². The molecule has 0 N–H and O–H groups in total. The zero-order chi connectivity index (χ0) is 25.6. The van der Waals surface area contributed by atoms with Crippen molar-refractivity contribution in [2.45, 2.75) is 12.3 Å². The molecule has 0 nitrogen and oxygen atoms in total. The number of hydrogen-bond acceptors (Lipinski definition) is 0. The molecular formula is C36H30P2. The maximum atomic E-state index is 2.44. The Morgan fingerprint density at radius 2 is 0.816 bits per heavy atom. The molecule has 8 rings (SSSR count). The van der Waals surface area contributed by atoms with Crippen LogP contribution in [-0.4, -0.2) is 6.66 Å². The molecule has 38 heavy (non-hydrogen) atoms. The first-order valence-electron chi connectivity index (χ1n) is 13.3. The van der Waals surface area contributed by atoms with Gasteiger partial charge in [0, 0.05) is 10.2 Å². The van der Waals surface area contributed by atoms with Crippen LogP contribution >= 0.6 is 15.5 Å². The highest BCUT2D eigenvalue weighted by Gasteiger charge is 2.22. The zero-order valence-electron chi connectivity index (χ0n) is 21.9. The second-order valence-electron chi connectivity index (χ2n) is 10.4. The Bertz CT molecular complexity index is 1820. The lowest BCUT2D eigenvalue weighted by molar-refractivity contribution is 1.39. The number of fused-ring (bicyclic) bond motifs is 10. The van der Waals surface area contributed by atoms with Gasteiger partial charge < -0.3 is 0 Å². The number of benzene rings is 6. The number of hydrogen-bond donors (Lipinski definition) is 0. The summed E-state index contributed by atoms with van der Waals surface area (Å²) in [4.78, 5) is 0. The fourth-order valence-corrected chi connectivity index (χ4v) is 10.0. The quantitative estimate of drug-likeness (QED) is 0.173. The summed E-state index contributed by atoms with van der Waals surface area (Å²) in [7, 11) is -0.0989. The maximum absolute atomic E-state index is 2.44. The van der Waals surface area contributed by atoms with Crippen molar-refractivity contribution in [2.24, 2.45) is 6.66 Å². The zero-order valence-corrected chi connectivity index (χ0v) is 23.6. The van der Waals surface area contributed by atoms with E-state index in [0.717, 1.165) is 0 Å². The molecule has 0 saturated carbocycles. The molecule has 2 heteroatoms. The van der Waals surface area contributed by atoms with Crippen LogP contribution in [0.4, 0.5) is 0 Å². The molecule has 0 aliphatic carbocycles. The Balaban J connectivity index is 0.000000147. The van der Waals surface area contributed by atoms with Crippen LogP contribution in [0.1, 0.15) is 11.1 Å². The summed E-state index contributed by atoms with van der Waals surface area (Å²) in [5.41, 5.74) is 6.01. The average Bonchev–Trinajstić information content (AvgIpc) is 3.15. The van der Waals surface area contributed by atoms with Gasteiger partial charge in [0.25, 0.3) is 0 Å². The largest absolute Gasteiger partial charge is 0.112 e. The minimum atomic E-state index is -0.0967. The van der Waals surface area contributed by atoms with E-state index in [-0.39, 0.29) is 15.5 Å². The molecule has 0 unspecified atom stereocenters. The van der Waals surface area contributed by atoms with Gasteiger partial charge in [0.2, 0.25) is 0 Å². The van der Waals surface area contributed by atoms with Crippen molar-refractivity contribution >= 4 is 58.0 Å². The highest BCUT2D eigenvalue weighted by atomic mass is 31.1. The smallest absolute Gasteiger partial charge is 0.00211 e. The van der Waals surface area contributed by atoms with Crippen LogP contribution in [0.3, 0.4) is 0 Å². The summed E-state index contributed by atoms with van der Waals surface area (Å²) in [5, 5.41) is 11.4. The highest BCUT2D eigenvalue weighted by Crippen LogP contribution is 2.51. The van der Waals surface area contributed by atoms with E-state index < -0.39 is 0 Å². The van der Waals surface area contributed by atoms with Crippen molar-refractivity contribution in [1.82, 2.24) is 0 Å². The third-order valence-corrected chi connectivity index (χ3v) is 12.0. The fourth-order valence-electron chi connectivity index (χ4n) is 6.24. The van der Waals surface area contributed by atoms with E-state index in [1.807, 2.05) is 0 Å². The Kier molecular flexibility index (Phi) is 6.05. The van der Waals surface area contributed by atoms with Gasteiger partial charge in [-0.15, -0.1) is 15.5 Å². The van der Waals surface area contributed by atoms with Crippen molar-refractivity contribution in [2.75, 3.05) is 6.66 Å². The van der Waals surface area contributed by atoms with Crippen LogP contribution in [0.25, 0.3) is 53.7 Å². The molecule has 184 valence electrons. The third kappa shape index (κ3) is 3.96. The minimum absolute atomic E-state index is 0.00224. The topological polar surface area (TPSA) is 0 Å². The van der Waals surface area contributed by atoms with Crippen molar-refractivity contribution in [3.63, 3.8) is 0 Å². The van der Waals surface area contributed by atoms with Gasteiger partial charge in [0.1, 0.15) is 0 Å². The molecule has 6 aromatic carbocycles. The van der Waals surface area contributed by atoms with E-state index in [0.29, 0.717) is 0 Å². The van der Waals surface area contributed by atoms with Crippen LogP contribution in [0.5, 0.6) is 0 Å². The molecule has 1 aliphatic heterocycles. The van der Waals surface area contributed by atoms with E-state index in [1.54, 1.807) is 0 Å². The van der Waals surface area contributed by atoms with Crippen LogP contribution in [-0.2, 0) is 19.0 Å². The van der Waals surface area contributed by atoms with Crippen LogP contribution in [0.15, 0.2) is 121 Å². The second-order valence-corrected chi connectivity index (χ2v) is 14.8. The van der Waals surface area contributed by atoms with Crippen LogP contribution in [0, 0.1) is 0 Å². The Hall–Kier alpha value is -3.43. The summed E-state index contributed by atoms with van der Waals surface area (Å²) in [6, 6.07) is 44.6. The van der Waals surface area contributed by atoms with E-state index >= 15 is 0 Å². The van der Waals surface area contributed by atoms with E-state index in [4.69, 9.17) is 0 Å². The summed E-state index contributed by atoms with van der Waals surface area (Å²) in [6.45, 7) is 4.79. The lowest BCUT2D eigenvalue weighted by atomic mass is 9.88. The minimum Gasteiger partial charge on any atom is -0.112 e. The van der Waals surface area contributed by atoms with Gasteiger partial charge in [0.15, 0.2) is 0 Å². The van der Waals surface area contributed by atoms with Gasteiger partial charge in [0.05, 0.1) is 0 Å². The standard InChI is InChI=1S/C23H19P.C13H11P/c1-24-14-18-12-10-16-6-2-4-8-20(16)22(18)23-19(15-24)13-11-17-7-3-5-9-21(17)23;1-14-12-8-4-2-6-10(12)11-7-3-5-9-13(11)14/h2-13H,14-15H2,1H3;2-9H,1H3. The molecule has 0 amide bonds. The lowest BCUT2D eigenvalue weighted by Crippen LogP contribution is -1.92. The number of rotatable bonds is 0. The van der Waals surface area contributed by atoms with Gasteiger partial charge in [-0.2, -0.15) is 0 Å². The van der Waals surface area contributed by atoms with E-state index in [1.165, 1.54) is 77.1 Å². The molecule has 1 aromatic heterocycles. The monoisotopic (exact) mass is 524 g/mol. The lowest BCUT2D eigenvalue weighted by Gasteiger charge is -2.15. The predicted molar refractivity (Wildman–Crippen MR) is 172 cm³/mol. The van der Waals surface area contributed by atoms with Crippen molar-refractivity contribution < 1.29 is 0 Å². The predicted octanol–water partition coefficient (Wildman–Crippen LogP) is 11.3. The van der Waals surface area contributed by atoms with Crippen LogP contribution in [0.2, 0.25) is 0 Å². The molecule has 1 aliphatic rings. The first-order valence-corrected chi connectivity index (χ1v) is 17.3. The Morgan fingerprint density at radius 3 is 1.29 bits per heavy atom. The van der Waals surface area contributed by atoms with Gasteiger partial charge >= 0.3 is 0 Å². The Labute approximate surface area is 226 Å². The van der Waals surface area contributed by atoms with Gasteiger partial charge in [-0.05, 0) is 80.2 Å².